The van der Waals surface area contributed by atoms with Gasteiger partial charge in [0.15, 0.2) is 0 Å². The largest absolute Gasteiger partial charge is 0.345 e. The fraction of sp³-hybridized carbons (Fsp3) is 0.722. The topological polar surface area (TPSA) is 95.0 Å². The van der Waals surface area contributed by atoms with Crippen LogP contribution in [0.2, 0.25) is 0 Å². The summed E-state index contributed by atoms with van der Waals surface area (Å²) in [6, 6.07) is 0.234. The molecule has 154 valence electrons. The zero-order chi connectivity index (χ0) is 19.9. The average Bonchev–Trinajstić information content (AvgIpc) is 3.43. The van der Waals surface area contributed by atoms with E-state index >= 15 is 0 Å². The molecule has 10 heteroatoms. The molecule has 2 aromatic rings. The fourth-order valence-corrected chi connectivity index (χ4v) is 5.86. The van der Waals surface area contributed by atoms with Crippen molar-refractivity contribution in [3.05, 3.63) is 28.7 Å². The van der Waals surface area contributed by atoms with Crippen LogP contribution < -0.4 is 5.69 Å². The number of rotatable bonds is 5. The van der Waals surface area contributed by atoms with Crippen LogP contribution in [0.4, 0.5) is 0 Å². The second-order valence-corrected chi connectivity index (χ2v) is 9.72. The van der Waals surface area contributed by atoms with Crippen LogP contribution in [0.15, 0.2) is 22.1 Å². The Morgan fingerprint density at radius 1 is 1.14 bits per heavy atom. The third kappa shape index (κ3) is 3.32. The molecule has 1 saturated heterocycles. The third-order valence-electron chi connectivity index (χ3n) is 6.06. The lowest BCUT2D eigenvalue weighted by Gasteiger charge is -2.31. The van der Waals surface area contributed by atoms with Crippen molar-refractivity contribution in [3.8, 4) is 0 Å². The number of hydrogen-bond donors (Lipinski definition) is 0. The molecule has 28 heavy (non-hydrogen) atoms. The summed E-state index contributed by atoms with van der Waals surface area (Å²) in [6.45, 7) is 3.42. The molecule has 1 aliphatic carbocycles. The number of nitrogens with zero attached hydrogens (tertiary/aromatic N) is 6. The predicted molar refractivity (Wildman–Crippen MR) is 104 cm³/mol. The Hall–Kier alpha value is -1.94. The molecular weight excluding hydrogens is 380 g/mol. The van der Waals surface area contributed by atoms with Gasteiger partial charge in [-0.25, -0.2) is 17.9 Å². The summed E-state index contributed by atoms with van der Waals surface area (Å²) in [5.41, 5.74) is -0.0519. The second kappa shape index (κ2) is 7.47. The molecule has 0 radical (unpaired) electrons. The van der Waals surface area contributed by atoms with Crippen molar-refractivity contribution in [2.75, 3.05) is 13.1 Å². The summed E-state index contributed by atoms with van der Waals surface area (Å²) in [6.07, 6.45) is 8.68. The highest BCUT2D eigenvalue weighted by Crippen LogP contribution is 2.34. The summed E-state index contributed by atoms with van der Waals surface area (Å²) in [7, 11) is -1.83. The molecule has 1 aliphatic heterocycles. The van der Waals surface area contributed by atoms with E-state index in [9.17, 15) is 13.2 Å². The van der Waals surface area contributed by atoms with Gasteiger partial charge < -0.3 is 0 Å². The first-order valence-electron chi connectivity index (χ1n) is 10.1. The van der Waals surface area contributed by atoms with Crippen molar-refractivity contribution >= 4 is 10.0 Å². The number of aryl methyl sites for hydroxylation is 2. The Bertz CT molecular complexity index is 991. The Morgan fingerprint density at radius 3 is 2.43 bits per heavy atom. The van der Waals surface area contributed by atoms with Gasteiger partial charge in [0.25, 0.3) is 0 Å². The normalized spacial score (nSPS) is 20.2. The summed E-state index contributed by atoms with van der Waals surface area (Å²) >= 11 is 0. The van der Waals surface area contributed by atoms with Crippen LogP contribution in [0.3, 0.4) is 0 Å². The Balaban J connectivity index is 1.52. The lowest BCUT2D eigenvalue weighted by molar-refractivity contribution is 0.304. The standard InChI is InChI=1S/C18H28N6O3S/c1-3-22-13-16(12-19-22)28(26,27)23-10-8-14(9-11-23)17-20-21(2)18(25)24(17)15-6-4-5-7-15/h12-15H,3-11H2,1-2H3. The molecule has 0 bridgehead atoms. The van der Waals surface area contributed by atoms with E-state index in [1.165, 1.54) is 15.2 Å². The molecule has 3 heterocycles. The van der Waals surface area contributed by atoms with Gasteiger partial charge >= 0.3 is 5.69 Å². The van der Waals surface area contributed by atoms with E-state index in [0.717, 1.165) is 31.5 Å². The highest BCUT2D eigenvalue weighted by atomic mass is 32.2. The van der Waals surface area contributed by atoms with E-state index in [-0.39, 0.29) is 22.5 Å². The molecule has 0 aromatic carbocycles. The summed E-state index contributed by atoms with van der Waals surface area (Å²) in [5.74, 6) is 0.939. The zero-order valence-electron chi connectivity index (χ0n) is 16.5. The van der Waals surface area contributed by atoms with Gasteiger partial charge in [-0.3, -0.25) is 9.25 Å². The maximum Gasteiger partial charge on any atom is 0.345 e. The van der Waals surface area contributed by atoms with E-state index in [2.05, 4.69) is 10.2 Å². The Morgan fingerprint density at radius 2 is 1.82 bits per heavy atom. The van der Waals surface area contributed by atoms with Gasteiger partial charge in [-0.1, -0.05) is 12.8 Å². The Kier molecular flexibility index (Phi) is 5.17. The van der Waals surface area contributed by atoms with Gasteiger partial charge in [0.1, 0.15) is 10.7 Å². The second-order valence-electron chi connectivity index (χ2n) is 7.78. The van der Waals surface area contributed by atoms with Crippen LogP contribution in [0, 0.1) is 0 Å². The van der Waals surface area contributed by atoms with E-state index in [1.807, 2.05) is 11.5 Å². The first-order valence-corrected chi connectivity index (χ1v) is 11.5. The van der Waals surface area contributed by atoms with E-state index < -0.39 is 10.0 Å². The summed E-state index contributed by atoms with van der Waals surface area (Å²) in [5, 5.41) is 8.61. The molecule has 0 spiro atoms. The fourth-order valence-electron chi connectivity index (χ4n) is 4.44. The van der Waals surface area contributed by atoms with Gasteiger partial charge in [-0.05, 0) is 32.6 Å². The van der Waals surface area contributed by atoms with Crippen LogP contribution in [0.1, 0.15) is 63.2 Å². The molecule has 0 atom stereocenters. The maximum absolute atomic E-state index is 12.9. The first kappa shape index (κ1) is 19.4. The summed E-state index contributed by atoms with van der Waals surface area (Å²) < 4.78 is 32.2. The molecule has 0 amide bonds. The molecular formula is C18H28N6O3S. The van der Waals surface area contributed by atoms with Gasteiger partial charge in [0, 0.05) is 44.8 Å². The predicted octanol–water partition coefficient (Wildman–Crippen LogP) is 1.48. The minimum Gasteiger partial charge on any atom is -0.276 e. The smallest absolute Gasteiger partial charge is 0.276 e. The molecule has 1 saturated carbocycles. The van der Waals surface area contributed by atoms with E-state index in [4.69, 9.17) is 0 Å². The van der Waals surface area contributed by atoms with Crippen LogP contribution in [-0.2, 0) is 23.6 Å². The van der Waals surface area contributed by atoms with Crippen LogP contribution >= 0.6 is 0 Å². The third-order valence-corrected chi connectivity index (χ3v) is 7.91. The SMILES string of the molecule is CCn1cc(S(=O)(=O)N2CCC(c3nn(C)c(=O)n3C3CCCC3)CC2)cn1. The lowest BCUT2D eigenvalue weighted by Crippen LogP contribution is -2.38. The zero-order valence-corrected chi connectivity index (χ0v) is 17.3. The van der Waals surface area contributed by atoms with Crippen molar-refractivity contribution in [1.82, 2.24) is 28.4 Å². The van der Waals surface area contributed by atoms with Crippen molar-refractivity contribution in [3.63, 3.8) is 0 Å². The van der Waals surface area contributed by atoms with Crippen molar-refractivity contribution in [1.29, 1.82) is 0 Å². The van der Waals surface area contributed by atoms with Crippen molar-refractivity contribution in [2.24, 2.45) is 7.05 Å². The van der Waals surface area contributed by atoms with Gasteiger partial charge in [0.2, 0.25) is 10.0 Å². The van der Waals surface area contributed by atoms with Crippen molar-refractivity contribution in [2.45, 2.75) is 68.8 Å². The minimum absolute atomic E-state index is 0.0519. The molecule has 0 unspecified atom stereocenters. The number of hydrogen-bond acceptors (Lipinski definition) is 5. The monoisotopic (exact) mass is 408 g/mol. The van der Waals surface area contributed by atoms with Crippen LogP contribution in [-0.4, -0.2) is 49.9 Å². The number of piperidine rings is 1. The molecule has 9 nitrogen and oxygen atoms in total. The minimum atomic E-state index is -3.53. The quantitative estimate of drug-likeness (QED) is 0.747. The van der Waals surface area contributed by atoms with Crippen LogP contribution in [0.25, 0.3) is 0 Å². The van der Waals surface area contributed by atoms with Crippen molar-refractivity contribution < 1.29 is 8.42 Å². The highest BCUT2D eigenvalue weighted by molar-refractivity contribution is 7.89. The first-order chi connectivity index (χ1) is 13.4. The van der Waals surface area contributed by atoms with E-state index in [1.54, 1.807) is 17.9 Å². The molecule has 2 aromatic heterocycles. The van der Waals surface area contributed by atoms with Gasteiger partial charge in [0.05, 0.1) is 6.20 Å². The van der Waals surface area contributed by atoms with E-state index in [0.29, 0.717) is 32.5 Å². The van der Waals surface area contributed by atoms with Gasteiger partial charge in [-0.15, -0.1) is 0 Å². The molecule has 2 aliphatic rings. The maximum atomic E-state index is 12.9. The average molecular weight is 409 g/mol. The molecule has 4 rings (SSSR count). The highest BCUT2D eigenvalue weighted by Gasteiger charge is 2.34. The number of aromatic nitrogens is 5. The Labute approximate surface area is 165 Å². The van der Waals surface area contributed by atoms with Crippen LogP contribution in [0.5, 0.6) is 0 Å². The summed E-state index contributed by atoms with van der Waals surface area (Å²) in [4.78, 5) is 12.9. The lowest BCUT2D eigenvalue weighted by atomic mass is 9.97. The van der Waals surface area contributed by atoms with Gasteiger partial charge in [-0.2, -0.15) is 14.5 Å². The molecule has 0 N–H and O–H groups in total. The number of sulfonamides is 1. The molecule has 2 fully saturated rings.